The molecule has 0 atom stereocenters. The predicted octanol–water partition coefficient (Wildman–Crippen LogP) is 6.65. The Morgan fingerprint density at radius 2 is 1.86 bits per heavy atom. The van der Waals surface area contributed by atoms with Crippen molar-refractivity contribution in [2.75, 3.05) is 17.7 Å². The predicted molar refractivity (Wildman–Crippen MR) is 141 cm³/mol. The lowest BCUT2D eigenvalue weighted by molar-refractivity contribution is 0.411. The van der Waals surface area contributed by atoms with Gasteiger partial charge in [0.05, 0.1) is 38.9 Å². The standard InChI is InChI=1S/C27H33FN4O3S/c1-17(2)36(33,34)25-13-9-8-12-22(25)30-26-21(28)16-29-27(32-26)31-23-14-18(3)20(15-24(23)35-4)19-10-6-5-7-11-19/h8-9,12-17,19H,5-7,10-11H2,1-4H3,(H2,29,30,31,32)/i4D3. The molecule has 7 nitrogen and oxygen atoms in total. The summed E-state index contributed by atoms with van der Waals surface area (Å²) in [5.74, 6) is -0.611. The fourth-order valence-corrected chi connectivity index (χ4v) is 5.78. The van der Waals surface area contributed by atoms with E-state index in [2.05, 4.69) is 20.6 Å². The molecule has 1 aliphatic rings. The second-order valence-corrected chi connectivity index (χ2v) is 11.8. The summed E-state index contributed by atoms with van der Waals surface area (Å²) in [7, 11) is -6.34. The maximum atomic E-state index is 14.7. The Hall–Kier alpha value is -3.20. The Bertz CT molecular complexity index is 1440. The third-order valence-electron chi connectivity index (χ3n) is 6.58. The minimum atomic E-state index is -3.65. The molecular weight excluding hydrogens is 479 g/mol. The van der Waals surface area contributed by atoms with Gasteiger partial charge < -0.3 is 15.4 Å². The molecule has 2 N–H and O–H groups in total. The first-order valence-corrected chi connectivity index (χ1v) is 13.6. The first-order valence-electron chi connectivity index (χ1n) is 13.6. The Labute approximate surface area is 216 Å². The highest BCUT2D eigenvalue weighted by atomic mass is 32.2. The molecule has 9 heteroatoms. The first-order chi connectivity index (χ1) is 18.3. The van der Waals surface area contributed by atoms with E-state index in [0.717, 1.165) is 43.0 Å². The second-order valence-electron chi connectivity index (χ2n) is 9.37. The van der Waals surface area contributed by atoms with Crippen molar-refractivity contribution in [2.45, 2.75) is 68.9 Å². The molecule has 1 fully saturated rings. The van der Waals surface area contributed by atoms with Gasteiger partial charge in [0.15, 0.2) is 21.5 Å². The second kappa shape index (κ2) is 10.8. The summed E-state index contributed by atoms with van der Waals surface area (Å²) in [5, 5.41) is 5.06. The number of rotatable bonds is 8. The number of hydrogen-bond donors (Lipinski definition) is 2. The molecule has 0 saturated heterocycles. The number of benzene rings is 2. The molecule has 192 valence electrons. The third kappa shape index (κ3) is 5.46. The van der Waals surface area contributed by atoms with Crippen molar-refractivity contribution in [1.29, 1.82) is 0 Å². The average molecular weight is 516 g/mol. The van der Waals surface area contributed by atoms with Crippen molar-refractivity contribution in [3.63, 3.8) is 0 Å². The van der Waals surface area contributed by atoms with Crippen LogP contribution in [-0.2, 0) is 9.84 Å². The van der Waals surface area contributed by atoms with E-state index >= 15 is 0 Å². The number of nitrogens with one attached hydrogen (secondary N) is 2. The normalized spacial score (nSPS) is 16.2. The van der Waals surface area contributed by atoms with Crippen LogP contribution in [0.2, 0.25) is 0 Å². The van der Waals surface area contributed by atoms with Gasteiger partial charge in [-0.05, 0) is 74.9 Å². The van der Waals surface area contributed by atoms with Crippen molar-refractivity contribution >= 4 is 33.0 Å². The van der Waals surface area contributed by atoms with Gasteiger partial charge in [0, 0.05) is 0 Å². The Morgan fingerprint density at radius 1 is 1.11 bits per heavy atom. The largest absolute Gasteiger partial charge is 0.495 e. The summed E-state index contributed by atoms with van der Waals surface area (Å²) in [4.78, 5) is 8.24. The number of halogens is 1. The maximum absolute atomic E-state index is 14.7. The van der Waals surface area contributed by atoms with E-state index in [1.54, 1.807) is 38.1 Å². The number of ether oxygens (including phenoxy) is 1. The number of para-hydroxylation sites is 1. The number of nitrogens with zero attached hydrogens (tertiary/aromatic N) is 2. The molecule has 0 amide bonds. The van der Waals surface area contributed by atoms with Gasteiger partial charge in [-0.2, -0.15) is 4.98 Å². The number of aromatic nitrogens is 2. The van der Waals surface area contributed by atoms with Crippen molar-refractivity contribution in [3.8, 4) is 5.75 Å². The van der Waals surface area contributed by atoms with Crippen LogP contribution in [0.4, 0.5) is 27.5 Å². The minimum absolute atomic E-state index is 0.0230. The number of hydrogen-bond acceptors (Lipinski definition) is 7. The molecule has 1 saturated carbocycles. The van der Waals surface area contributed by atoms with Gasteiger partial charge in [-0.1, -0.05) is 31.4 Å². The van der Waals surface area contributed by atoms with E-state index in [1.807, 2.05) is 6.92 Å². The molecule has 0 bridgehead atoms. The van der Waals surface area contributed by atoms with E-state index in [4.69, 9.17) is 8.85 Å². The molecule has 3 aromatic rings. The topological polar surface area (TPSA) is 93.2 Å². The van der Waals surface area contributed by atoms with Gasteiger partial charge in [-0.3, -0.25) is 0 Å². The van der Waals surface area contributed by atoms with Crippen molar-refractivity contribution in [1.82, 2.24) is 9.97 Å². The molecule has 0 unspecified atom stereocenters. The van der Waals surface area contributed by atoms with Gasteiger partial charge in [-0.15, -0.1) is 0 Å². The molecule has 0 aliphatic heterocycles. The van der Waals surface area contributed by atoms with Crippen LogP contribution >= 0.6 is 0 Å². The number of methoxy groups -OCH3 is 1. The van der Waals surface area contributed by atoms with Gasteiger partial charge in [-0.25, -0.2) is 17.8 Å². The molecule has 0 radical (unpaired) electrons. The summed E-state index contributed by atoms with van der Waals surface area (Å²) >= 11 is 0. The van der Waals surface area contributed by atoms with E-state index < -0.39 is 27.9 Å². The average Bonchev–Trinajstić information content (AvgIpc) is 2.87. The van der Waals surface area contributed by atoms with E-state index in [9.17, 15) is 12.8 Å². The van der Waals surface area contributed by atoms with E-state index in [1.165, 1.54) is 18.6 Å². The molecule has 36 heavy (non-hydrogen) atoms. The lowest BCUT2D eigenvalue weighted by Gasteiger charge is -2.25. The van der Waals surface area contributed by atoms with Gasteiger partial charge in [0.25, 0.3) is 0 Å². The quantitative estimate of drug-likeness (QED) is 0.347. The van der Waals surface area contributed by atoms with Crippen molar-refractivity contribution in [3.05, 3.63) is 59.5 Å². The van der Waals surface area contributed by atoms with Crippen LogP contribution in [0.1, 0.15) is 67.1 Å². The molecule has 2 aromatic carbocycles. The summed E-state index contributed by atoms with van der Waals surface area (Å²) in [6.07, 6.45) is 6.46. The Balaban J connectivity index is 1.68. The summed E-state index contributed by atoms with van der Waals surface area (Å²) in [6.45, 7) is 5.10. The first kappa shape index (κ1) is 22.0. The van der Waals surface area contributed by atoms with E-state index in [0.29, 0.717) is 11.6 Å². The zero-order valence-electron chi connectivity index (χ0n) is 23.6. The van der Waals surface area contributed by atoms with Crippen LogP contribution in [0.5, 0.6) is 5.75 Å². The molecule has 1 aromatic heterocycles. The lowest BCUT2D eigenvalue weighted by Crippen LogP contribution is -2.16. The molecule has 1 aliphatic carbocycles. The lowest BCUT2D eigenvalue weighted by atomic mass is 9.82. The Kier molecular flexibility index (Phi) is 6.62. The molecule has 4 rings (SSSR count). The number of aryl methyl sites for hydroxylation is 1. The van der Waals surface area contributed by atoms with Gasteiger partial charge in [0.1, 0.15) is 5.75 Å². The fraction of sp³-hybridized carbons (Fsp3) is 0.407. The molecular formula is C27H33FN4O3S. The fourth-order valence-electron chi connectivity index (χ4n) is 4.57. The summed E-state index contributed by atoms with van der Waals surface area (Å²) in [6, 6.07) is 9.75. The van der Waals surface area contributed by atoms with Crippen LogP contribution < -0.4 is 15.4 Å². The van der Waals surface area contributed by atoms with Gasteiger partial charge >= 0.3 is 0 Å². The number of sulfone groups is 1. The van der Waals surface area contributed by atoms with Crippen molar-refractivity contribution < 1.29 is 21.7 Å². The van der Waals surface area contributed by atoms with Crippen molar-refractivity contribution in [2.24, 2.45) is 0 Å². The van der Waals surface area contributed by atoms with Crippen LogP contribution in [0, 0.1) is 12.7 Å². The van der Waals surface area contributed by atoms with Crippen LogP contribution in [0.25, 0.3) is 0 Å². The highest BCUT2D eigenvalue weighted by molar-refractivity contribution is 7.92. The highest BCUT2D eigenvalue weighted by Crippen LogP contribution is 2.39. The summed E-state index contributed by atoms with van der Waals surface area (Å²) < 4.78 is 68.7. The molecule has 0 spiro atoms. The smallest absolute Gasteiger partial charge is 0.229 e. The molecule has 1 heterocycles. The van der Waals surface area contributed by atoms with Crippen LogP contribution in [-0.4, -0.2) is 30.7 Å². The van der Waals surface area contributed by atoms with Crippen LogP contribution in [0.15, 0.2) is 47.5 Å². The van der Waals surface area contributed by atoms with Crippen LogP contribution in [0.3, 0.4) is 0 Å². The highest BCUT2D eigenvalue weighted by Gasteiger charge is 2.24. The van der Waals surface area contributed by atoms with Gasteiger partial charge in [0.2, 0.25) is 5.95 Å². The number of anilines is 4. The zero-order valence-corrected chi connectivity index (χ0v) is 21.5. The SMILES string of the molecule is [2H]C([2H])([2H])Oc1cc(C2CCCCC2)c(C)cc1Nc1ncc(F)c(Nc2ccccc2S(=O)(=O)C(C)C)n1. The summed E-state index contributed by atoms with van der Waals surface area (Å²) in [5.41, 5.74) is 2.51. The monoisotopic (exact) mass is 515 g/mol. The van der Waals surface area contributed by atoms with E-state index in [-0.39, 0.29) is 28.1 Å². The maximum Gasteiger partial charge on any atom is 0.229 e. The zero-order chi connectivity index (χ0) is 28.4. The Morgan fingerprint density at radius 3 is 2.58 bits per heavy atom. The third-order valence-corrected chi connectivity index (χ3v) is 8.79. The minimum Gasteiger partial charge on any atom is -0.495 e.